The molecule has 8 nitrogen and oxygen atoms in total. The highest BCUT2D eigenvalue weighted by Gasteiger charge is 2.38. The van der Waals surface area contributed by atoms with E-state index in [-0.39, 0.29) is 35.8 Å². The van der Waals surface area contributed by atoms with E-state index >= 15 is 0 Å². The van der Waals surface area contributed by atoms with Crippen LogP contribution in [0.1, 0.15) is 22.0 Å². The molecule has 4 aromatic heterocycles. The second-order valence-corrected chi connectivity index (χ2v) is 7.73. The third-order valence-electron chi connectivity index (χ3n) is 4.53. The Morgan fingerprint density at radius 1 is 1.28 bits per heavy atom. The summed E-state index contributed by atoms with van der Waals surface area (Å²) in [5, 5.41) is 7.64. The van der Waals surface area contributed by atoms with Crippen LogP contribution in [0.2, 0.25) is 0 Å². The van der Waals surface area contributed by atoms with Gasteiger partial charge >= 0.3 is 6.18 Å². The normalized spacial score (nSPS) is 12.2. The monoisotopic (exact) mass is 424 g/mol. The number of halogens is 3. The van der Waals surface area contributed by atoms with Gasteiger partial charge in [0.15, 0.2) is 5.69 Å². The molecule has 0 N–H and O–H groups in total. The summed E-state index contributed by atoms with van der Waals surface area (Å²) in [5.41, 5.74) is -0.627. The van der Waals surface area contributed by atoms with Crippen LogP contribution in [0.3, 0.4) is 0 Å². The van der Waals surface area contributed by atoms with E-state index in [1.54, 1.807) is 0 Å². The van der Waals surface area contributed by atoms with Crippen LogP contribution in [0.4, 0.5) is 13.2 Å². The highest BCUT2D eigenvalue weighted by molar-refractivity contribution is 7.18. The molecule has 0 bridgehead atoms. The summed E-state index contributed by atoms with van der Waals surface area (Å²) >= 11 is 1.46. The first kappa shape index (κ1) is 19.3. The smallest absolute Gasteiger partial charge is 0.339 e. The van der Waals surface area contributed by atoms with E-state index in [4.69, 9.17) is 4.52 Å². The number of aryl methyl sites for hydroxylation is 5. The molecule has 0 atom stereocenters. The second-order valence-electron chi connectivity index (χ2n) is 6.53. The Kier molecular flexibility index (Phi) is 4.52. The van der Waals surface area contributed by atoms with Crippen molar-refractivity contribution in [2.45, 2.75) is 33.0 Å². The lowest BCUT2D eigenvalue weighted by molar-refractivity contribution is -0.141. The summed E-state index contributed by atoms with van der Waals surface area (Å²) in [7, 11) is 1.38. The first-order valence-corrected chi connectivity index (χ1v) is 9.35. The van der Waals surface area contributed by atoms with Crippen LogP contribution in [-0.4, -0.2) is 29.5 Å². The maximum atomic E-state index is 13.1. The maximum Gasteiger partial charge on any atom is 0.435 e. The molecule has 4 heterocycles. The minimum Gasteiger partial charge on any atom is -0.339 e. The first-order chi connectivity index (χ1) is 13.6. The summed E-state index contributed by atoms with van der Waals surface area (Å²) < 4.78 is 46.9. The lowest BCUT2D eigenvalue weighted by Gasteiger charge is -2.03. The Morgan fingerprint density at radius 2 is 2.03 bits per heavy atom. The molecule has 0 radical (unpaired) electrons. The van der Waals surface area contributed by atoms with Gasteiger partial charge in [0.1, 0.15) is 4.83 Å². The zero-order valence-corrected chi connectivity index (χ0v) is 16.4. The molecule has 152 valence electrons. The number of thiophene rings is 1. The molecular weight excluding hydrogens is 409 g/mol. The molecule has 29 heavy (non-hydrogen) atoms. The molecule has 0 saturated heterocycles. The van der Waals surface area contributed by atoms with Crippen molar-refractivity contribution in [3.63, 3.8) is 0 Å². The third kappa shape index (κ3) is 3.43. The summed E-state index contributed by atoms with van der Waals surface area (Å²) in [6.45, 7) is 4.01. The van der Waals surface area contributed by atoms with Crippen LogP contribution in [-0.2, 0) is 26.2 Å². The molecule has 4 aromatic rings. The second kappa shape index (κ2) is 6.79. The van der Waals surface area contributed by atoms with Crippen molar-refractivity contribution in [1.29, 1.82) is 0 Å². The van der Waals surface area contributed by atoms with Gasteiger partial charge in [-0.1, -0.05) is 5.16 Å². The molecule has 0 fully saturated rings. The van der Waals surface area contributed by atoms with Crippen molar-refractivity contribution in [3.05, 3.63) is 44.9 Å². The molecule has 4 rings (SSSR count). The fraction of sp³-hybridized carbons (Fsp3) is 0.353. The average molecular weight is 424 g/mol. The Labute approximate surface area is 165 Å². The van der Waals surface area contributed by atoms with E-state index < -0.39 is 11.9 Å². The Bertz CT molecular complexity index is 1270. The highest BCUT2D eigenvalue weighted by Crippen LogP contribution is 2.34. The fourth-order valence-corrected chi connectivity index (χ4v) is 3.96. The molecule has 0 saturated carbocycles. The lowest BCUT2D eigenvalue weighted by Crippen LogP contribution is -2.21. The van der Waals surface area contributed by atoms with Gasteiger partial charge < -0.3 is 4.52 Å². The van der Waals surface area contributed by atoms with Crippen molar-refractivity contribution in [2.24, 2.45) is 7.05 Å². The Morgan fingerprint density at radius 3 is 2.76 bits per heavy atom. The van der Waals surface area contributed by atoms with E-state index in [2.05, 4.69) is 20.2 Å². The van der Waals surface area contributed by atoms with Crippen molar-refractivity contribution >= 4 is 21.6 Å². The van der Waals surface area contributed by atoms with Crippen LogP contribution >= 0.6 is 11.3 Å². The van der Waals surface area contributed by atoms with Gasteiger partial charge in [-0.15, -0.1) is 11.3 Å². The predicted octanol–water partition coefficient (Wildman–Crippen LogP) is 3.12. The molecule has 0 aromatic carbocycles. The highest BCUT2D eigenvalue weighted by atomic mass is 32.1. The summed E-state index contributed by atoms with van der Waals surface area (Å²) in [6, 6.07) is 0. The summed E-state index contributed by atoms with van der Waals surface area (Å²) in [6.07, 6.45) is -1.84. The zero-order valence-electron chi connectivity index (χ0n) is 15.6. The maximum absolute atomic E-state index is 13.1. The first-order valence-electron chi connectivity index (χ1n) is 8.54. The van der Waals surface area contributed by atoms with Crippen LogP contribution in [0, 0.1) is 13.8 Å². The topological polar surface area (TPSA) is 91.6 Å². The Hall–Kier alpha value is -3.02. The SMILES string of the molecule is Cc1sc2ncn(CCc3nc(-c4cn(C)nc4C(F)(F)F)no3)c(=O)c2c1C. The number of alkyl halides is 3. The average Bonchev–Trinajstić information content (AvgIpc) is 3.32. The number of nitrogens with zero attached hydrogens (tertiary/aromatic N) is 6. The van der Waals surface area contributed by atoms with Gasteiger partial charge in [0.05, 0.1) is 17.3 Å². The van der Waals surface area contributed by atoms with E-state index in [0.29, 0.717) is 10.2 Å². The molecule has 0 unspecified atom stereocenters. The summed E-state index contributed by atoms with van der Waals surface area (Å²) in [5.74, 6) is -0.0900. The number of hydrogen-bond acceptors (Lipinski definition) is 7. The quantitative estimate of drug-likeness (QED) is 0.500. The minimum atomic E-state index is -4.64. The molecule has 0 aliphatic carbocycles. The zero-order chi connectivity index (χ0) is 20.9. The minimum absolute atomic E-state index is 0.113. The van der Waals surface area contributed by atoms with Crippen LogP contribution in [0.5, 0.6) is 0 Å². The van der Waals surface area contributed by atoms with Crippen LogP contribution < -0.4 is 5.56 Å². The van der Waals surface area contributed by atoms with E-state index in [1.807, 2.05) is 13.8 Å². The molecule has 12 heteroatoms. The van der Waals surface area contributed by atoms with Crippen molar-refractivity contribution in [1.82, 2.24) is 29.5 Å². The molecule has 0 aliphatic rings. The van der Waals surface area contributed by atoms with Gasteiger partial charge in [-0.2, -0.15) is 23.3 Å². The predicted molar refractivity (Wildman–Crippen MR) is 98.6 cm³/mol. The molecular formula is C17H15F3N6O2S. The van der Waals surface area contributed by atoms with Gasteiger partial charge in [0.25, 0.3) is 5.56 Å². The van der Waals surface area contributed by atoms with E-state index in [1.165, 1.54) is 35.5 Å². The lowest BCUT2D eigenvalue weighted by atomic mass is 10.2. The molecule has 0 amide bonds. The third-order valence-corrected chi connectivity index (χ3v) is 5.64. The largest absolute Gasteiger partial charge is 0.435 e. The molecule has 0 aliphatic heterocycles. The van der Waals surface area contributed by atoms with Crippen molar-refractivity contribution in [3.8, 4) is 11.4 Å². The summed E-state index contributed by atoms with van der Waals surface area (Å²) in [4.78, 5) is 22.7. The van der Waals surface area contributed by atoms with Gasteiger partial charge in [-0.05, 0) is 19.4 Å². The van der Waals surface area contributed by atoms with Crippen LogP contribution in [0.25, 0.3) is 21.6 Å². The number of rotatable bonds is 4. The van der Waals surface area contributed by atoms with E-state index in [0.717, 1.165) is 15.1 Å². The van der Waals surface area contributed by atoms with Crippen LogP contribution in [0.15, 0.2) is 21.8 Å². The van der Waals surface area contributed by atoms with Crippen molar-refractivity contribution in [2.75, 3.05) is 0 Å². The van der Waals surface area contributed by atoms with Gasteiger partial charge in [0.2, 0.25) is 11.7 Å². The number of fused-ring (bicyclic) bond motifs is 1. The van der Waals surface area contributed by atoms with E-state index in [9.17, 15) is 18.0 Å². The molecule has 0 spiro atoms. The van der Waals surface area contributed by atoms with Gasteiger partial charge in [0, 0.05) is 31.1 Å². The van der Waals surface area contributed by atoms with Gasteiger partial charge in [-0.25, -0.2) is 4.98 Å². The standard InChI is InChI=1S/C17H15F3N6O2S/c1-8-9(2)29-15-12(8)16(27)26(7-21-15)5-4-11-22-14(24-28-11)10-6-25(3)23-13(10)17(18,19)20/h6-7H,4-5H2,1-3H3. The number of hydrogen-bond donors (Lipinski definition) is 0. The number of aromatic nitrogens is 6. The van der Waals surface area contributed by atoms with Gasteiger partial charge in [-0.3, -0.25) is 14.0 Å². The van der Waals surface area contributed by atoms with Crippen molar-refractivity contribution < 1.29 is 17.7 Å². The fourth-order valence-electron chi connectivity index (χ4n) is 2.97. The Balaban J connectivity index is 1.59.